The minimum Gasteiger partial charge on any atom is -0.477 e. The predicted molar refractivity (Wildman–Crippen MR) is 95.7 cm³/mol. The highest BCUT2D eigenvalue weighted by Crippen LogP contribution is 2.36. The van der Waals surface area contributed by atoms with Crippen molar-refractivity contribution in [1.82, 2.24) is 9.88 Å². The lowest BCUT2D eigenvalue weighted by Gasteiger charge is -2.30. The second kappa shape index (κ2) is 6.01. The molecule has 0 atom stereocenters. The van der Waals surface area contributed by atoms with Gasteiger partial charge in [0.15, 0.2) is 0 Å². The van der Waals surface area contributed by atoms with Gasteiger partial charge in [0.1, 0.15) is 18.1 Å². The minimum absolute atomic E-state index is 0.277. The van der Waals surface area contributed by atoms with Crippen molar-refractivity contribution < 1.29 is 9.15 Å². The lowest BCUT2D eigenvalue weighted by Crippen LogP contribution is -2.32. The van der Waals surface area contributed by atoms with Crippen LogP contribution in [0.25, 0.3) is 11.0 Å². The lowest BCUT2D eigenvalue weighted by molar-refractivity contribution is 0.0870. The molecule has 0 N–H and O–H groups in total. The standard InChI is InChI=1S/C20H20N2O3/c1-12-13(2)20(23)25-19-14(3)18-15(8-17(12)19)9-22(11-24-18)10-16-6-4-5-7-21-16/h4-8H,9-11H2,1-3H3. The molecule has 3 heterocycles. The molecule has 2 aromatic heterocycles. The highest BCUT2D eigenvalue weighted by atomic mass is 16.5. The average Bonchev–Trinajstić information content (AvgIpc) is 2.62. The zero-order chi connectivity index (χ0) is 17.6. The van der Waals surface area contributed by atoms with E-state index in [1.807, 2.05) is 32.0 Å². The highest BCUT2D eigenvalue weighted by Gasteiger charge is 2.23. The second-order valence-corrected chi connectivity index (χ2v) is 6.59. The largest absolute Gasteiger partial charge is 0.477 e. The molecule has 0 spiro atoms. The third-order valence-corrected chi connectivity index (χ3v) is 4.90. The maximum Gasteiger partial charge on any atom is 0.339 e. The first-order chi connectivity index (χ1) is 12.0. The Morgan fingerprint density at radius 1 is 1.16 bits per heavy atom. The van der Waals surface area contributed by atoms with Crippen LogP contribution in [0, 0.1) is 20.8 Å². The number of hydrogen-bond acceptors (Lipinski definition) is 5. The highest BCUT2D eigenvalue weighted by molar-refractivity contribution is 5.87. The van der Waals surface area contributed by atoms with Gasteiger partial charge in [-0.15, -0.1) is 0 Å². The van der Waals surface area contributed by atoms with Crippen molar-refractivity contribution >= 4 is 11.0 Å². The zero-order valence-electron chi connectivity index (χ0n) is 14.6. The molecule has 4 rings (SSSR count). The summed E-state index contributed by atoms with van der Waals surface area (Å²) in [5.74, 6) is 0.830. The van der Waals surface area contributed by atoms with Gasteiger partial charge in [-0.1, -0.05) is 6.07 Å². The summed E-state index contributed by atoms with van der Waals surface area (Å²) >= 11 is 0. The molecule has 0 saturated heterocycles. The summed E-state index contributed by atoms with van der Waals surface area (Å²) in [6.45, 7) is 7.73. The van der Waals surface area contributed by atoms with E-state index >= 15 is 0 Å². The van der Waals surface area contributed by atoms with Gasteiger partial charge in [0.2, 0.25) is 0 Å². The number of hydrogen-bond donors (Lipinski definition) is 0. The van der Waals surface area contributed by atoms with E-state index in [1.54, 1.807) is 13.1 Å². The number of ether oxygens (including phenoxy) is 1. The molecule has 5 nitrogen and oxygen atoms in total. The Morgan fingerprint density at radius 2 is 2.00 bits per heavy atom. The lowest BCUT2D eigenvalue weighted by atomic mass is 9.99. The van der Waals surface area contributed by atoms with Crippen molar-refractivity contribution in [2.45, 2.75) is 33.9 Å². The van der Waals surface area contributed by atoms with Gasteiger partial charge >= 0.3 is 5.63 Å². The molecule has 0 amide bonds. The quantitative estimate of drug-likeness (QED) is 0.671. The monoisotopic (exact) mass is 336 g/mol. The van der Waals surface area contributed by atoms with Gasteiger partial charge in [0.25, 0.3) is 0 Å². The van der Waals surface area contributed by atoms with Crippen molar-refractivity contribution in [3.05, 3.63) is 68.8 Å². The van der Waals surface area contributed by atoms with Crippen LogP contribution in [0.4, 0.5) is 0 Å². The summed E-state index contributed by atoms with van der Waals surface area (Å²) in [5.41, 5.74) is 5.01. The fourth-order valence-electron chi connectivity index (χ4n) is 3.37. The molecule has 0 fully saturated rings. The van der Waals surface area contributed by atoms with Crippen molar-refractivity contribution in [2.24, 2.45) is 0 Å². The SMILES string of the molecule is Cc1c(C)c2cc3c(c(C)c2oc1=O)OCN(Cc1ccccn1)C3. The van der Waals surface area contributed by atoms with Crippen LogP contribution in [-0.4, -0.2) is 16.6 Å². The second-order valence-electron chi connectivity index (χ2n) is 6.59. The topological polar surface area (TPSA) is 55.6 Å². The van der Waals surface area contributed by atoms with E-state index in [1.165, 1.54) is 0 Å². The van der Waals surface area contributed by atoms with Crippen LogP contribution in [0.15, 0.2) is 39.7 Å². The molecular weight excluding hydrogens is 316 g/mol. The van der Waals surface area contributed by atoms with E-state index in [0.717, 1.165) is 46.6 Å². The normalized spacial score (nSPS) is 14.4. The third kappa shape index (κ3) is 2.70. The molecule has 1 aliphatic heterocycles. The zero-order valence-corrected chi connectivity index (χ0v) is 14.6. The summed E-state index contributed by atoms with van der Waals surface area (Å²) in [5, 5.41) is 0.983. The maximum atomic E-state index is 12.0. The number of aromatic nitrogens is 1. The first-order valence-electron chi connectivity index (χ1n) is 8.36. The fraction of sp³-hybridized carbons (Fsp3) is 0.300. The number of aryl methyl sites for hydroxylation is 2. The first-order valence-corrected chi connectivity index (χ1v) is 8.36. The Kier molecular flexibility index (Phi) is 3.81. The Bertz CT molecular complexity index is 1010. The molecule has 1 aromatic carbocycles. The molecule has 128 valence electrons. The number of pyridine rings is 1. The molecule has 0 bridgehead atoms. The third-order valence-electron chi connectivity index (χ3n) is 4.90. The molecule has 0 saturated carbocycles. The molecule has 0 unspecified atom stereocenters. The first kappa shape index (κ1) is 15.8. The fourth-order valence-corrected chi connectivity index (χ4v) is 3.37. The summed E-state index contributed by atoms with van der Waals surface area (Å²) < 4.78 is 11.5. The van der Waals surface area contributed by atoms with E-state index in [4.69, 9.17) is 9.15 Å². The summed E-state index contributed by atoms with van der Waals surface area (Å²) in [4.78, 5) is 18.6. The Labute approximate surface area is 145 Å². The van der Waals surface area contributed by atoms with Gasteiger partial charge in [-0.2, -0.15) is 0 Å². The van der Waals surface area contributed by atoms with E-state index in [9.17, 15) is 4.79 Å². The molecule has 1 aliphatic rings. The van der Waals surface area contributed by atoms with E-state index < -0.39 is 0 Å². The molecule has 3 aromatic rings. The minimum atomic E-state index is -0.277. The van der Waals surface area contributed by atoms with Crippen LogP contribution in [0.5, 0.6) is 5.75 Å². The van der Waals surface area contributed by atoms with Crippen molar-refractivity contribution in [2.75, 3.05) is 6.73 Å². The Morgan fingerprint density at radius 3 is 2.76 bits per heavy atom. The maximum absolute atomic E-state index is 12.0. The van der Waals surface area contributed by atoms with Gasteiger partial charge in [0.05, 0.1) is 5.69 Å². The predicted octanol–water partition coefficient (Wildman–Crippen LogP) is 3.47. The summed E-state index contributed by atoms with van der Waals surface area (Å²) in [6, 6.07) is 8.02. The molecular formula is C20H20N2O3. The number of rotatable bonds is 2. The van der Waals surface area contributed by atoms with Gasteiger partial charge in [-0.05, 0) is 44.5 Å². The van der Waals surface area contributed by atoms with E-state index in [-0.39, 0.29) is 5.63 Å². The molecule has 0 aliphatic carbocycles. The van der Waals surface area contributed by atoms with Gasteiger partial charge in [-0.3, -0.25) is 9.88 Å². The van der Waals surface area contributed by atoms with Crippen molar-refractivity contribution in [1.29, 1.82) is 0 Å². The Hall–Kier alpha value is -2.66. The van der Waals surface area contributed by atoms with Gasteiger partial charge in [-0.25, -0.2) is 4.79 Å². The van der Waals surface area contributed by atoms with Crippen LogP contribution >= 0.6 is 0 Å². The van der Waals surface area contributed by atoms with E-state index in [2.05, 4.69) is 16.0 Å². The van der Waals surface area contributed by atoms with Crippen LogP contribution in [0.1, 0.15) is 27.9 Å². The number of fused-ring (bicyclic) bond motifs is 2. The van der Waals surface area contributed by atoms with Gasteiger partial charge < -0.3 is 9.15 Å². The van der Waals surface area contributed by atoms with Gasteiger partial charge in [0, 0.05) is 41.4 Å². The summed E-state index contributed by atoms with van der Waals surface area (Å²) in [7, 11) is 0. The van der Waals surface area contributed by atoms with Crippen LogP contribution in [0.3, 0.4) is 0 Å². The summed E-state index contributed by atoms with van der Waals surface area (Å²) in [6.07, 6.45) is 1.81. The average molecular weight is 336 g/mol. The van der Waals surface area contributed by atoms with Crippen molar-refractivity contribution in [3.8, 4) is 5.75 Å². The van der Waals surface area contributed by atoms with E-state index in [0.29, 0.717) is 17.9 Å². The Balaban J connectivity index is 1.75. The van der Waals surface area contributed by atoms with Crippen LogP contribution in [-0.2, 0) is 13.1 Å². The van der Waals surface area contributed by atoms with Crippen LogP contribution < -0.4 is 10.4 Å². The smallest absolute Gasteiger partial charge is 0.339 e. The number of benzene rings is 1. The number of nitrogens with zero attached hydrogens (tertiary/aromatic N) is 2. The molecule has 5 heteroatoms. The van der Waals surface area contributed by atoms with Crippen molar-refractivity contribution in [3.63, 3.8) is 0 Å². The molecule has 0 radical (unpaired) electrons. The van der Waals surface area contributed by atoms with Crippen LogP contribution in [0.2, 0.25) is 0 Å². The molecule has 25 heavy (non-hydrogen) atoms.